The first kappa shape index (κ1) is 14.7. The highest BCUT2D eigenvalue weighted by Crippen LogP contribution is 2.47. The summed E-state index contributed by atoms with van der Waals surface area (Å²) in [7, 11) is 1.58. The topological polar surface area (TPSA) is 38.3 Å². The molecule has 20 heavy (non-hydrogen) atoms. The first-order valence-electron chi connectivity index (χ1n) is 6.36. The molecule has 0 bridgehead atoms. The average Bonchev–Trinajstić information content (AvgIpc) is 3.14. The molecule has 1 fully saturated rings. The molecule has 0 aliphatic heterocycles. The summed E-state index contributed by atoms with van der Waals surface area (Å²) in [5.41, 5.74) is 1.10. The molecule has 1 saturated carbocycles. The van der Waals surface area contributed by atoms with Crippen LogP contribution in [0.3, 0.4) is 0 Å². The van der Waals surface area contributed by atoms with Crippen LogP contribution in [0, 0.1) is 5.92 Å². The summed E-state index contributed by atoms with van der Waals surface area (Å²) < 4.78 is 41.1. The standard InChI is InChI=1S/C14H16F3NO2/c1-20-11-4-2-3-9(5-11)12-6-10(12)8-18-13(19)7-14(15,16)17/h2-5,10,12H,6-8H2,1H3,(H,18,19)/t10-,12-/m0/s1. The monoisotopic (exact) mass is 287 g/mol. The molecule has 3 nitrogen and oxygen atoms in total. The van der Waals surface area contributed by atoms with Crippen LogP contribution in [-0.2, 0) is 4.79 Å². The summed E-state index contributed by atoms with van der Waals surface area (Å²) in [5.74, 6) is 0.290. The number of carbonyl (C=O) groups is 1. The first-order chi connectivity index (χ1) is 9.39. The third-order valence-corrected chi connectivity index (χ3v) is 3.37. The maximum atomic E-state index is 12.0. The van der Waals surface area contributed by atoms with Gasteiger partial charge in [-0.3, -0.25) is 4.79 Å². The van der Waals surface area contributed by atoms with Crippen molar-refractivity contribution < 1.29 is 22.7 Å². The van der Waals surface area contributed by atoms with Crippen molar-refractivity contribution in [2.24, 2.45) is 5.92 Å². The van der Waals surface area contributed by atoms with Crippen molar-refractivity contribution in [3.05, 3.63) is 29.8 Å². The lowest BCUT2D eigenvalue weighted by atomic mass is 10.1. The van der Waals surface area contributed by atoms with E-state index in [1.54, 1.807) is 7.11 Å². The Bertz CT molecular complexity index is 488. The quantitative estimate of drug-likeness (QED) is 0.904. The smallest absolute Gasteiger partial charge is 0.397 e. The Kier molecular flexibility index (Phi) is 4.20. The Balaban J connectivity index is 1.79. The van der Waals surface area contributed by atoms with Crippen LogP contribution >= 0.6 is 0 Å². The van der Waals surface area contributed by atoms with Gasteiger partial charge in [0.1, 0.15) is 12.2 Å². The second-order valence-corrected chi connectivity index (χ2v) is 4.97. The van der Waals surface area contributed by atoms with Crippen LogP contribution in [0.1, 0.15) is 24.3 Å². The highest BCUT2D eigenvalue weighted by atomic mass is 19.4. The minimum atomic E-state index is -4.44. The lowest BCUT2D eigenvalue weighted by molar-refractivity contribution is -0.153. The van der Waals surface area contributed by atoms with Gasteiger partial charge < -0.3 is 10.1 Å². The molecular formula is C14H16F3NO2. The highest BCUT2D eigenvalue weighted by Gasteiger charge is 2.39. The molecule has 2 rings (SSSR count). The van der Waals surface area contributed by atoms with Crippen molar-refractivity contribution in [1.29, 1.82) is 0 Å². The van der Waals surface area contributed by atoms with E-state index < -0.39 is 18.5 Å². The van der Waals surface area contributed by atoms with E-state index in [4.69, 9.17) is 4.74 Å². The molecule has 1 aromatic rings. The molecule has 1 amide bonds. The second kappa shape index (κ2) is 5.73. The predicted molar refractivity (Wildman–Crippen MR) is 67.5 cm³/mol. The zero-order chi connectivity index (χ0) is 14.8. The van der Waals surface area contributed by atoms with E-state index in [9.17, 15) is 18.0 Å². The molecule has 2 atom stereocenters. The Morgan fingerprint density at radius 3 is 2.85 bits per heavy atom. The van der Waals surface area contributed by atoms with Crippen LogP contribution in [0.4, 0.5) is 13.2 Å². The molecule has 0 heterocycles. The van der Waals surface area contributed by atoms with E-state index in [1.165, 1.54) is 0 Å². The van der Waals surface area contributed by atoms with E-state index in [-0.39, 0.29) is 18.4 Å². The van der Waals surface area contributed by atoms with Gasteiger partial charge in [0.05, 0.1) is 7.11 Å². The summed E-state index contributed by atoms with van der Waals surface area (Å²) in [4.78, 5) is 11.1. The average molecular weight is 287 g/mol. The third-order valence-electron chi connectivity index (χ3n) is 3.37. The van der Waals surface area contributed by atoms with Gasteiger partial charge in [0.25, 0.3) is 0 Å². The zero-order valence-electron chi connectivity index (χ0n) is 11.0. The molecule has 1 aliphatic carbocycles. The van der Waals surface area contributed by atoms with Crippen molar-refractivity contribution >= 4 is 5.91 Å². The van der Waals surface area contributed by atoms with E-state index in [0.29, 0.717) is 0 Å². The van der Waals surface area contributed by atoms with Crippen LogP contribution in [0.2, 0.25) is 0 Å². The number of hydrogen-bond acceptors (Lipinski definition) is 2. The maximum absolute atomic E-state index is 12.0. The Hall–Kier alpha value is -1.72. The lowest BCUT2D eigenvalue weighted by Crippen LogP contribution is -2.30. The summed E-state index contributed by atoms with van der Waals surface area (Å²) in [6.07, 6.45) is -4.98. The molecule has 0 aromatic heterocycles. The lowest BCUT2D eigenvalue weighted by Gasteiger charge is -2.08. The van der Waals surface area contributed by atoms with Gasteiger partial charge in [-0.25, -0.2) is 0 Å². The molecule has 6 heteroatoms. The molecule has 0 spiro atoms. The second-order valence-electron chi connectivity index (χ2n) is 4.97. The van der Waals surface area contributed by atoms with Crippen LogP contribution in [0.15, 0.2) is 24.3 Å². The Labute approximate surface area is 115 Å². The summed E-state index contributed by atoms with van der Waals surface area (Å²) in [6.45, 7) is 0.288. The van der Waals surface area contributed by atoms with Gasteiger partial charge in [-0.1, -0.05) is 12.1 Å². The van der Waals surface area contributed by atoms with Gasteiger partial charge in [0.2, 0.25) is 5.91 Å². The van der Waals surface area contributed by atoms with Crippen molar-refractivity contribution in [1.82, 2.24) is 5.32 Å². The number of alkyl halides is 3. The third kappa shape index (κ3) is 4.15. The van der Waals surface area contributed by atoms with Crippen molar-refractivity contribution in [2.75, 3.05) is 13.7 Å². The summed E-state index contributed by atoms with van der Waals surface area (Å²) in [6, 6.07) is 7.60. The normalized spacial score (nSPS) is 21.4. The Morgan fingerprint density at radius 1 is 1.45 bits per heavy atom. The molecule has 1 aliphatic rings. The number of hydrogen-bond donors (Lipinski definition) is 1. The highest BCUT2D eigenvalue weighted by molar-refractivity contribution is 5.76. The first-order valence-corrected chi connectivity index (χ1v) is 6.36. The maximum Gasteiger partial charge on any atom is 0.397 e. The van der Waals surface area contributed by atoms with Crippen LogP contribution < -0.4 is 10.1 Å². The molecule has 110 valence electrons. The van der Waals surface area contributed by atoms with Crippen molar-refractivity contribution in [2.45, 2.75) is 24.9 Å². The Morgan fingerprint density at radius 2 is 2.20 bits per heavy atom. The number of carbonyl (C=O) groups excluding carboxylic acids is 1. The van der Waals surface area contributed by atoms with Crippen molar-refractivity contribution in [3.8, 4) is 5.75 Å². The fourth-order valence-corrected chi connectivity index (χ4v) is 2.24. The van der Waals surface area contributed by atoms with Gasteiger partial charge in [-0.15, -0.1) is 0 Å². The van der Waals surface area contributed by atoms with Gasteiger partial charge in [-0.2, -0.15) is 13.2 Å². The van der Waals surface area contributed by atoms with Gasteiger partial charge >= 0.3 is 6.18 Å². The van der Waals surface area contributed by atoms with E-state index in [1.807, 2.05) is 24.3 Å². The van der Waals surface area contributed by atoms with Crippen LogP contribution in [-0.4, -0.2) is 25.7 Å². The summed E-state index contributed by atoms with van der Waals surface area (Å²) in [5, 5.41) is 2.34. The molecular weight excluding hydrogens is 271 g/mol. The van der Waals surface area contributed by atoms with E-state index in [2.05, 4.69) is 5.32 Å². The summed E-state index contributed by atoms with van der Waals surface area (Å²) >= 11 is 0. The fraction of sp³-hybridized carbons (Fsp3) is 0.500. The molecule has 0 radical (unpaired) electrons. The number of amides is 1. The number of nitrogens with one attached hydrogen (secondary N) is 1. The van der Waals surface area contributed by atoms with Gasteiger partial charge in [0.15, 0.2) is 0 Å². The molecule has 0 saturated heterocycles. The van der Waals surface area contributed by atoms with E-state index in [0.717, 1.165) is 17.7 Å². The van der Waals surface area contributed by atoms with Crippen molar-refractivity contribution in [3.63, 3.8) is 0 Å². The van der Waals surface area contributed by atoms with Crippen LogP contribution in [0.25, 0.3) is 0 Å². The molecule has 1 aromatic carbocycles. The largest absolute Gasteiger partial charge is 0.497 e. The predicted octanol–water partition coefficient (Wildman–Crippen LogP) is 2.87. The molecule has 0 unspecified atom stereocenters. The van der Waals surface area contributed by atoms with Gasteiger partial charge in [-0.05, 0) is 36.0 Å². The minimum Gasteiger partial charge on any atom is -0.497 e. The number of rotatable bonds is 5. The number of ether oxygens (including phenoxy) is 1. The number of halogens is 3. The molecule has 1 N–H and O–H groups in total. The SMILES string of the molecule is COc1cccc([C@@H]2C[C@H]2CNC(=O)CC(F)(F)F)c1. The fourth-order valence-electron chi connectivity index (χ4n) is 2.24. The van der Waals surface area contributed by atoms with Crippen LogP contribution in [0.5, 0.6) is 5.75 Å². The zero-order valence-corrected chi connectivity index (χ0v) is 11.0. The number of methoxy groups -OCH3 is 1. The van der Waals surface area contributed by atoms with Gasteiger partial charge in [0, 0.05) is 6.54 Å². The minimum absolute atomic E-state index is 0.208. The number of benzene rings is 1. The van der Waals surface area contributed by atoms with E-state index >= 15 is 0 Å².